The van der Waals surface area contributed by atoms with Gasteiger partial charge < -0.3 is 4.74 Å². The lowest BCUT2D eigenvalue weighted by molar-refractivity contribution is 0.112. The van der Waals surface area contributed by atoms with Crippen LogP contribution in [0.1, 0.15) is 42.5 Å². The molecular weight excluding hydrogens is 200 g/mol. The molecule has 2 heteroatoms. The van der Waals surface area contributed by atoms with Crippen molar-refractivity contribution in [1.82, 2.24) is 0 Å². The smallest absolute Gasteiger partial charge is 0.150 e. The second-order valence-electron chi connectivity index (χ2n) is 3.70. The van der Waals surface area contributed by atoms with Crippen molar-refractivity contribution >= 4 is 6.29 Å². The van der Waals surface area contributed by atoms with Crippen LogP contribution >= 0.6 is 0 Å². The number of hydrogen-bond acceptors (Lipinski definition) is 2. The number of ether oxygens (including phenoxy) is 1. The molecule has 0 bridgehead atoms. The number of hydrogen-bond donors (Lipinski definition) is 0. The molecule has 0 aliphatic heterocycles. The van der Waals surface area contributed by atoms with E-state index in [0.29, 0.717) is 0 Å². The Balaban J connectivity index is 0.000000241. The summed E-state index contributed by atoms with van der Waals surface area (Å²) in [5, 5.41) is 0. The Morgan fingerprint density at radius 3 is 1.56 bits per heavy atom. The highest BCUT2D eigenvalue weighted by atomic mass is 16.4. The number of carbonyl (C=O) groups is 1. The van der Waals surface area contributed by atoms with E-state index in [9.17, 15) is 4.79 Å². The van der Waals surface area contributed by atoms with Gasteiger partial charge in [-0.1, -0.05) is 62.4 Å². The Morgan fingerprint density at radius 1 is 0.938 bits per heavy atom. The zero-order chi connectivity index (χ0) is 12.1. The predicted molar refractivity (Wildman–Crippen MR) is 67.8 cm³/mol. The summed E-state index contributed by atoms with van der Waals surface area (Å²) in [5.74, 6) is 0. The molecule has 90 valence electrons. The van der Waals surface area contributed by atoms with Crippen LogP contribution in [0.3, 0.4) is 0 Å². The summed E-state index contributed by atoms with van der Waals surface area (Å²) in [6, 6.07) is 9.10. The second-order valence-corrected chi connectivity index (χ2v) is 3.70. The molecule has 1 fully saturated rings. The number of benzene rings is 1. The van der Waals surface area contributed by atoms with Crippen LogP contribution in [0.4, 0.5) is 0 Å². The lowest BCUT2D eigenvalue weighted by atomic mass is 10.2. The molecule has 0 atom stereocenters. The number of methoxy groups -OCH3 is 1. The van der Waals surface area contributed by atoms with Crippen LogP contribution in [-0.2, 0) is 4.74 Å². The van der Waals surface area contributed by atoms with Crippen molar-refractivity contribution in [2.75, 3.05) is 14.2 Å². The quantitative estimate of drug-likeness (QED) is 0.677. The molecule has 1 aliphatic rings. The van der Waals surface area contributed by atoms with E-state index in [4.69, 9.17) is 0 Å². The summed E-state index contributed by atoms with van der Waals surface area (Å²) in [5.41, 5.74) is 0.729. The van der Waals surface area contributed by atoms with Gasteiger partial charge in [-0.25, -0.2) is 0 Å². The zero-order valence-corrected chi connectivity index (χ0v) is 10.3. The van der Waals surface area contributed by atoms with Crippen LogP contribution in [-0.4, -0.2) is 20.5 Å². The normalized spacial score (nSPS) is 12.9. The van der Waals surface area contributed by atoms with Crippen LogP contribution in [0.25, 0.3) is 0 Å². The maximum absolute atomic E-state index is 10.0. The lowest BCUT2D eigenvalue weighted by Crippen LogP contribution is -1.73. The highest BCUT2D eigenvalue weighted by molar-refractivity contribution is 5.74. The summed E-state index contributed by atoms with van der Waals surface area (Å²) >= 11 is 0. The molecule has 0 heterocycles. The molecule has 2 nitrogen and oxygen atoms in total. The van der Waals surface area contributed by atoms with Gasteiger partial charge >= 0.3 is 0 Å². The largest absolute Gasteiger partial charge is 0.388 e. The predicted octanol–water partition coefficient (Wildman–Crippen LogP) is 3.71. The molecule has 1 aromatic rings. The van der Waals surface area contributed by atoms with E-state index < -0.39 is 0 Å². The average molecular weight is 222 g/mol. The van der Waals surface area contributed by atoms with E-state index in [1.165, 1.54) is 32.1 Å². The van der Waals surface area contributed by atoms with Gasteiger partial charge in [-0.15, -0.1) is 0 Å². The second kappa shape index (κ2) is 11.9. The Morgan fingerprint density at radius 2 is 1.31 bits per heavy atom. The highest BCUT2D eigenvalue weighted by Gasteiger charge is 1.95. The topological polar surface area (TPSA) is 26.3 Å². The molecule has 2 rings (SSSR count). The molecule has 0 radical (unpaired) electrons. The third kappa shape index (κ3) is 9.41. The van der Waals surface area contributed by atoms with Crippen LogP contribution < -0.4 is 0 Å². The van der Waals surface area contributed by atoms with E-state index in [-0.39, 0.29) is 0 Å². The van der Waals surface area contributed by atoms with Crippen molar-refractivity contribution in [2.24, 2.45) is 0 Å². The number of rotatable bonds is 1. The summed E-state index contributed by atoms with van der Waals surface area (Å²) < 4.78 is 4.25. The van der Waals surface area contributed by atoms with E-state index in [1.54, 1.807) is 26.4 Å². The van der Waals surface area contributed by atoms with Crippen molar-refractivity contribution in [3.63, 3.8) is 0 Å². The first-order valence-corrected chi connectivity index (χ1v) is 5.75. The Kier molecular flexibility index (Phi) is 11.1. The first kappa shape index (κ1) is 14.8. The maximum atomic E-state index is 10.0. The molecule has 0 saturated heterocycles. The molecule has 0 amide bonds. The summed E-state index contributed by atoms with van der Waals surface area (Å²) in [4.78, 5) is 10.0. The first-order valence-electron chi connectivity index (χ1n) is 5.75. The van der Waals surface area contributed by atoms with Crippen molar-refractivity contribution in [1.29, 1.82) is 0 Å². The van der Waals surface area contributed by atoms with Gasteiger partial charge in [0, 0.05) is 19.8 Å². The Bertz CT molecular complexity index is 233. The summed E-state index contributed by atoms with van der Waals surface area (Å²) in [6.07, 6.45) is 8.33. The molecule has 1 aromatic carbocycles. The van der Waals surface area contributed by atoms with E-state index in [2.05, 4.69) is 4.74 Å². The lowest BCUT2D eigenvalue weighted by Gasteiger charge is -1.81. The Hall–Kier alpha value is -1.15. The number of carbonyl (C=O) groups excluding carboxylic acids is 1. The van der Waals surface area contributed by atoms with E-state index in [0.717, 1.165) is 11.8 Å². The maximum Gasteiger partial charge on any atom is 0.150 e. The minimum absolute atomic E-state index is 0.729. The fraction of sp³-hybridized carbons (Fsp3) is 0.500. The third-order valence-corrected chi connectivity index (χ3v) is 2.19. The highest BCUT2D eigenvalue weighted by Crippen LogP contribution is 2.15. The van der Waals surface area contributed by atoms with Crippen molar-refractivity contribution in [3.8, 4) is 0 Å². The van der Waals surface area contributed by atoms with Gasteiger partial charge in [0.25, 0.3) is 0 Å². The van der Waals surface area contributed by atoms with E-state index in [1.807, 2.05) is 18.2 Å². The molecule has 1 saturated carbocycles. The van der Waals surface area contributed by atoms with Gasteiger partial charge in [-0.3, -0.25) is 4.79 Å². The van der Waals surface area contributed by atoms with Crippen LogP contribution in [0.2, 0.25) is 0 Å². The summed E-state index contributed by atoms with van der Waals surface area (Å²) in [6.45, 7) is 0. The molecule has 0 N–H and O–H groups in total. The molecule has 1 aliphatic carbocycles. The van der Waals surface area contributed by atoms with Crippen molar-refractivity contribution in [3.05, 3.63) is 35.9 Å². The Labute approximate surface area is 98.6 Å². The zero-order valence-electron chi connectivity index (χ0n) is 10.3. The third-order valence-electron chi connectivity index (χ3n) is 2.19. The van der Waals surface area contributed by atoms with Gasteiger partial charge in [-0.2, -0.15) is 0 Å². The fourth-order valence-electron chi connectivity index (χ4n) is 1.42. The fourth-order valence-corrected chi connectivity index (χ4v) is 1.42. The van der Waals surface area contributed by atoms with E-state index >= 15 is 0 Å². The first-order chi connectivity index (χ1) is 7.85. The average Bonchev–Trinajstić information content (AvgIpc) is 2.90. The molecule has 0 unspecified atom stereocenters. The van der Waals surface area contributed by atoms with Crippen LogP contribution in [0.15, 0.2) is 30.3 Å². The molecule has 0 spiro atoms. The van der Waals surface area contributed by atoms with Gasteiger partial charge in [0.2, 0.25) is 0 Å². The minimum atomic E-state index is 0.729. The van der Waals surface area contributed by atoms with Crippen LogP contribution in [0.5, 0.6) is 0 Å². The van der Waals surface area contributed by atoms with Gasteiger partial charge in [-0.05, 0) is 0 Å². The standard InChI is InChI=1S/C7H6O.C5H10.C2H6O/c8-6-7-4-2-1-3-5-7;1-2-4-5-3-1;1-3-2/h1-6H;1-5H2;1-2H3. The molecule has 0 aromatic heterocycles. The SMILES string of the molecule is C1CCCC1.COC.O=Cc1ccccc1. The molecular formula is C14H22O2. The van der Waals surface area contributed by atoms with Gasteiger partial charge in [0.15, 0.2) is 0 Å². The van der Waals surface area contributed by atoms with Crippen molar-refractivity contribution in [2.45, 2.75) is 32.1 Å². The molecule has 16 heavy (non-hydrogen) atoms. The summed E-state index contributed by atoms with van der Waals surface area (Å²) in [7, 11) is 3.25. The van der Waals surface area contributed by atoms with Gasteiger partial charge in [0.1, 0.15) is 6.29 Å². The van der Waals surface area contributed by atoms with Gasteiger partial charge in [0.05, 0.1) is 0 Å². The van der Waals surface area contributed by atoms with Crippen LogP contribution in [0, 0.1) is 0 Å². The minimum Gasteiger partial charge on any atom is -0.388 e. The number of aldehydes is 1. The van der Waals surface area contributed by atoms with Crippen molar-refractivity contribution < 1.29 is 9.53 Å². The monoisotopic (exact) mass is 222 g/mol.